The standard InChI is InChI=1S/C24H23N3O6S/c1-32-21-13-12-17(14-22(21)33-2)27(34(30,31)18-8-4-3-5-9-18)16-24(29)26-15-23(28)25-19-10-6-7-11-20(19)26/h3-14H,15-16H2,1-2H3,(H,25,28). The summed E-state index contributed by atoms with van der Waals surface area (Å²) >= 11 is 0. The highest BCUT2D eigenvalue weighted by Gasteiger charge is 2.33. The maximum absolute atomic E-state index is 13.6. The third kappa shape index (κ3) is 4.40. The SMILES string of the molecule is COc1ccc(N(CC(=O)N2CC(=O)Nc3ccccc32)S(=O)(=O)c2ccccc2)cc1OC. The van der Waals surface area contributed by atoms with Crippen molar-refractivity contribution in [3.63, 3.8) is 0 Å². The van der Waals surface area contributed by atoms with E-state index in [1.807, 2.05) is 0 Å². The molecule has 3 aromatic rings. The molecule has 1 N–H and O–H groups in total. The van der Waals surface area contributed by atoms with Crippen LogP contribution in [-0.4, -0.2) is 47.5 Å². The number of benzene rings is 3. The van der Waals surface area contributed by atoms with Crippen LogP contribution in [-0.2, 0) is 19.6 Å². The topological polar surface area (TPSA) is 105 Å². The minimum Gasteiger partial charge on any atom is -0.493 e. The van der Waals surface area contributed by atoms with Crippen LogP contribution in [0.15, 0.2) is 77.7 Å². The Bertz CT molecular complexity index is 1330. The molecule has 10 heteroatoms. The lowest BCUT2D eigenvalue weighted by Crippen LogP contribution is -2.48. The van der Waals surface area contributed by atoms with E-state index in [0.717, 1.165) is 4.31 Å². The number of rotatable bonds is 7. The lowest BCUT2D eigenvalue weighted by atomic mass is 10.2. The van der Waals surface area contributed by atoms with Crippen molar-refractivity contribution in [2.45, 2.75) is 4.90 Å². The van der Waals surface area contributed by atoms with Crippen LogP contribution in [0, 0.1) is 0 Å². The smallest absolute Gasteiger partial charge is 0.264 e. The number of hydrogen-bond donors (Lipinski definition) is 1. The molecule has 4 rings (SSSR count). The van der Waals surface area contributed by atoms with E-state index >= 15 is 0 Å². The second kappa shape index (κ2) is 9.44. The minimum atomic E-state index is -4.13. The summed E-state index contributed by atoms with van der Waals surface area (Å²) in [6.45, 7) is -0.755. The van der Waals surface area contributed by atoms with Gasteiger partial charge in [0, 0.05) is 6.07 Å². The summed E-state index contributed by atoms with van der Waals surface area (Å²) in [6, 6.07) is 19.3. The summed E-state index contributed by atoms with van der Waals surface area (Å²) in [6.07, 6.45) is 0. The van der Waals surface area contributed by atoms with Crippen molar-refractivity contribution >= 4 is 38.9 Å². The zero-order valence-corrected chi connectivity index (χ0v) is 19.4. The zero-order valence-electron chi connectivity index (χ0n) is 18.6. The van der Waals surface area contributed by atoms with Crippen molar-refractivity contribution in [1.82, 2.24) is 0 Å². The van der Waals surface area contributed by atoms with Gasteiger partial charge in [0.2, 0.25) is 11.8 Å². The molecule has 1 aliphatic rings. The molecule has 1 heterocycles. The number of carbonyl (C=O) groups is 2. The van der Waals surface area contributed by atoms with Crippen LogP contribution in [0.25, 0.3) is 0 Å². The molecule has 2 amide bonds. The fourth-order valence-corrected chi connectivity index (χ4v) is 5.11. The quantitative estimate of drug-likeness (QED) is 0.556. The average Bonchev–Trinajstić information content (AvgIpc) is 2.86. The fraction of sp³-hybridized carbons (Fsp3) is 0.167. The van der Waals surface area contributed by atoms with Gasteiger partial charge in [0.15, 0.2) is 11.5 Å². The van der Waals surface area contributed by atoms with E-state index in [0.29, 0.717) is 22.9 Å². The van der Waals surface area contributed by atoms with Crippen LogP contribution in [0.3, 0.4) is 0 Å². The van der Waals surface area contributed by atoms with E-state index in [1.54, 1.807) is 48.5 Å². The number of sulfonamides is 1. The first-order valence-corrected chi connectivity index (χ1v) is 11.8. The van der Waals surface area contributed by atoms with Crippen molar-refractivity contribution in [2.24, 2.45) is 0 Å². The highest BCUT2D eigenvalue weighted by Crippen LogP contribution is 2.35. The Morgan fingerprint density at radius 2 is 1.65 bits per heavy atom. The van der Waals surface area contributed by atoms with Gasteiger partial charge in [-0.2, -0.15) is 0 Å². The van der Waals surface area contributed by atoms with Crippen LogP contribution in [0.4, 0.5) is 17.1 Å². The Hall–Kier alpha value is -4.05. The number of amides is 2. The van der Waals surface area contributed by atoms with Crippen LogP contribution in [0.5, 0.6) is 11.5 Å². The minimum absolute atomic E-state index is 0.0226. The van der Waals surface area contributed by atoms with Gasteiger partial charge in [-0.25, -0.2) is 8.42 Å². The average molecular weight is 482 g/mol. The molecule has 0 atom stereocenters. The van der Waals surface area contributed by atoms with Gasteiger partial charge in [0.25, 0.3) is 10.0 Å². The third-order valence-corrected chi connectivity index (χ3v) is 7.12. The van der Waals surface area contributed by atoms with Crippen LogP contribution < -0.4 is 24.0 Å². The molecule has 34 heavy (non-hydrogen) atoms. The molecule has 0 fully saturated rings. The molecule has 0 radical (unpaired) electrons. The first-order valence-electron chi connectivity index (χ1n) is 10.3. The van der Waals surface area contributed by atoms with Gasteiger partial charge in [-0.1, -0.05) is 30.3 Å². The van der Waals surface area contributed by atoms with Gasteiger partial charge in [-0.3, -0.25) is 18.8 Å². The van der Waals surface area contributed by atoms with Gasteiger partial charge in [-0.05, 0) is 36.4 Å². The van der Waals surface area contributed by atoms with E-state index in [9.17, 15) is 18.0 Å². The molecule has 176 valence electrons. The van der Waals surface area contributed by atoms with Crippen molar-refractivity contribution < 1.29 is 27.5 Å². The van der Waals surface area contributed by atoms with Gasteiger partial charge >= 0.3 is 0 Å². The predicted octanol–water partition coefficient (Wildman–Crippen LogP) is 2.88. The Morgan fingerprint density at radius 3 is 2.35 bits per heavy atom. The molecule has 0 aromatic heterocycles. The molecular weight excluding hydrogens is 458 g/mol. The van der Waals surface area contributed by atoms with Crippen molar-refractivity contribution in [1.29, 1.82) is 0 Å². The van der Waals surface area contributed by atoms with Gasteiger partial charge in [0.05, 0.1) is 36.2 Å². The molecule has 3 aromatic carbocycles. The Morgan fingerprint density at radius 1 is 0.971 bits per heavy atom. The molecule has 0 unspecified atom stereocenters. The van der Waals surface area contributed by atoms with E-state index in [1.165, 1.54) is 43.4 Å². The normalized spacial score (nSPS) is 13.0. The van der Waals surface area contributed by atoms with E-state index in [4.69, 9.17) is 9.47 Å². The molecule has 0 saturated heterocycles. The number of methoxy groups -OCH3 is 2. The number of fused-ring (bicyclic) bond motifs is 1. The Balaban J connectivity index is 1.77. The number of carbonyl (C=O) groups excluding carboxylic acids is 2. The summed E-state index contributed by atoms with van der Waals surface area (Å²) in [5, 5.41) is 2.72. The maximum atomic E-state index is 13.6. The number of ether oxygens (including phenoxy) is 2. The molecule has 0 bridgehead atoms. The Kier molecular flexibility index (Phi) is 6.42. The summed E-state index contributed by atoms with van der Waals surface area (Å²) in [4.78, 5) is 26.9. The first kappa shape index (κ1) is 23.1. The molecule has 9 nitrogen and oxygen atoms in total. The summed E-state index contributed by atoms with van der Waals surface area (Å²) in [7, 11) is -1.23. The molecule has 0 aliphatic carbocycles. The summed E-state index contributed by atoms with van der Waals surface area (Å²) in [5.41, 5.74) is 1.19. The van der Waals surface area contributed by atoms with Crippen molar-refractivity contribution in [2.75, 3.05) is 41.8 Å². The second-order valence-electron chi connectivity index (χ2n) is 7.41. The van der Waals surface area contributed by atoms with Crippen LogP contribution >= 0.6 is 0 Å². The number of nitrogens with zero attached hydrogens (tertiary/aromatic N) is 2. The zero-order chi connectivity index (χ0) is 24.3. The maximum Gasteiger partial charge on any atom is 0.264 e. The highest BCUT2D eigenvalue weighted by atomic mass is 32.2. The van der Waals surface area contributed by atoms with E-state index in [2.05, 4.69) is 5.32 Å². The van der Waals surface area contributed by atoms with Gasteiger partial charge in [-0.15, -0.1) is 0 Å². The summed E-state index contributed by atoms with van der Waals surface area (Å²) < 4.78 is 38.8. The lowest BCUT2D eigenvalue weighted by Gasteiger charge is -2.32. The fourth-order valence-electron chi connectivity index (χ4n) is 3.68. The van der Waals surface area contributed by atoms with Crippen LogP contribution in [0.1, 0.15) is 0 Å². The van der Waals surface area contributed by atoms with E-state index in [-0.39, 0.29) is 23.0 Å². The largest absolute Gasteiger partial charge is 0.493 e. The predicted molar refractivity (Wildman–Crippen MR) is 128 cm³/mol. The third-order valence-electron chi connectivity index (χ3n) is 5.34. The van der Waals surface area contributed by atoms with Crippen LogP contribution in [0.2, 0.25) is 0 Å². The van der Waals surface area contributed by atoms with E-state index < -0.39 is 22.5 Å². The number of nitrogens with one attached hydrogen (secondary N) is 1. The summed E-state index contributed by atoms with van der Waals surface area (Å²) in [5.74, 6) is -0.202. The monoisotopic (exact) mass is 481 g/mol. The number of para-hydroxylation sites is 2. The first-order chi connectivity index (χ1) is 16.3. The molecule has 0 spiro atoms. The van der Waals surface area contributed by atoms with Crippen molar-refractivity contribution in [3.05, 3.63) is 72.8 Å². The number of anilines is 3. The van der Waals surface area contributed by atoms with Gasteiger partial charge < -0.3 is 14.8 Å². The molecular formula is C24H23N3O6S. The Labute approximate surface area is 197 Å². The second-order valence-corrected chi connectivity index (χ2v) is 9.27. The van der Waals surface area contributed by atoms with Crippen molar-refractivity contribution in [3.8, 4) is 11.5 Å². The number of hydrogen-bond acceptors (Lipinski definition) is 6. The molecule has 0 saturated carbocycles. The highest BCUT2D eigenvalue weighted by molar-refractivity contribution is 7.92. The van der Waals surface area contributed by atoms with Gasteiger partial charge in [0.1, 0.15) is 13.1 Å². The lowest BCUT2D eigenvalue weighted by molar-refractivity contribution is -0.121. The molecule has 1 aliphatic heterocycles.